The maximum Gasteiger partial charge on any atom is 0.290 e. The molecule has 1 saturated heterocycles. The molecule has 0 saturated carbocycles. The number of thioether (sulfide) groups is 1. The van der Waals surface area contributed by atoms with Crippen LogP contribution in [0.4, 0.5) is 4.79 Å². The van der Waals surface area contributed by atoms with E-state index in [9.17, 15) is 9.59 Å². The maximum atomic E-state index is 11.7. The SMILES string of the molecule is CCOc1cc(/C=C2\SC(=O)NC2=O)cc(Cl)c1OCc1ccc(C)cc1. The monoisotopic (exact) mass is 403 g/mol. The number of hydrogen-bond acceptors (Lipinski definition) is 5. The molecule has 0 radical (unpaired) electrons. The Balaban J connectivity index is 1.85. The first-order chi connectivity index (χ1) is 13.0. The summed E-state index contributed by atoms with van der Waals surface area (Å²) in [6, 6.07) is 11.4. The van der Waals surface area contributed by atoms with Crippen molar-refractivity contribution >= 4 is 40.6 Å². The predicted octanol–water partition coefficient (Wildman–Crippen LogP) is 4.95. The van der Waals surface area contributed by atoms with Crippen molar-refractivity contribution in [2.24, 2.45) is 0 Å². The lowest BCUT2D eigenvalue weighted by atomic mass is 10.1. The van der Waals surface area contributed by atoms with E-state index in [2.05, 4.69) is 5.32 Å². The fraction of sp³-hybridized carbons (Fsp3) is 0.200. The summed E-state index contributed by atoms with van der Waals surface area (Å²) in [5.41, 5.74) is 2.85. The molecule has 1 aliphatic heterocycles. The van der Waals surface area contributed by atoms with E-state index in [-0.39, 0.29) is 5.24 Å². The summed E-state index contributed by atoms with van der Waals surface area (Å²) >= 11 is 7.26. The van der Waals surface area contributed by atoms with Gasteiger partial charge in [0.2, 0.25) is 0 Å². The molecule has 1 fully saturated rings. The number of hydrogen-bond donors (Lipinski definition) is 1. The fourth-order valence-corrected chi connectivity index (χ4v) is 3.44. The Morgan fingerprint density at radius 2 is 1.89 bits per heavy atom. The molecule has 0 aliphatic carbocycles. The van der Waals surface area contributed by atoms with Gasteiger partial charge in [-0.25, -0.2) is 0 Å². The number of benzene rings is 2. The molecule has 0 unspecified atom stereocenters. The number of carbonyl (C=O) groups excluding carboxylic acids is 2. The van der Waals surface area contributed by atoms with Gasteiger partial charge in [0.15, 0.2) is 11.5 Å². The molecular weight excluding hydrogens is 386 g/mol. The molecule has 1 N–H and O–H groups in total. The van der Waals surface area contributed by atoms with Gasteiger partial charge in [0.25, 0.3) is 11.1 Å². The first-order valence-electron chi connectivity index (χ1n) is 8.36. The van der Waals surface area contributed by atoms with Crippen LogP contribution < -0.4 is 14.8 Å². The van der Waals surface area contributed by atoms with Crippen LogP contribution in [0.5, 0.6) is 11.5 Å². The zero-order valence-corrected chi connectivity index (χ0v) is 16.4. The summed E-state index contributed by atoms with van der Waals surface area (Å²) in [6.45, 7) is 4.68. The highest BCUT2D eigenvalue weighted by molar-refractivity contribution is 8.18. The number of carbonyl (C=O) groups is 2. The molecule has 1 aliphatic rings. The van der Waals surface area contributed by atoms with Gasteiger partial charge in [-0.1, -0.05) is 41.4 Å². The molecule has 140 valence electrons. The molecule has 0 aromatic heterocycles. The highest BCUT2D eigenvalue weighted by Gasteiger charge is 2.25. The Morgan fingerprint density at radius 1 is 1.15 bits per heavy atom. The van der Waals surface area contributed by atoms with Gasteiger partial charge in [-0.3, -0.25) is 14.9 Å². The van der Waals surface area contributed by atoms with Gasteiger partial charge in [0, 0.05) is 0 Å². The second-order valence-corrected chi connectivity index (χ2v) is 7.31. The molecule has 0 atom stereocenters. The van der Waals surface area contributed by atoms with E-state index >= 15 is 0 Å². The van der Waals surface area contributed by atoms with Gasteiger partial charge in [-0.15, -0.1) is 0 Å². The minimum atomic E-state index is -0.418. The molecule has 7 heteroatoms. The Kier molecular flexibility index (Phi) is 6.08. The van der Waals surface area contributed by atoms with E-state index in [1.165, 1.54) is 5.56 Å². The lowest BCUT2D eigenvalue weighted by molar-refractivity contribution is -0.115. The standard InChI is InChI=1S/C20H18ClNO4S/c1-3-25-16-9-14(10-17-19(23)22-20(24)27-17)8-15(21)18(16)26-11-13-6-4-12(2)5-7-13/h4-10H,3,11H2,1-2H3,(H,22,23,24)/b17-10-. The third-order valence-electron chi connectivity index (χ3n) is 3.78. The third kappa shape index (κ3) is 4.84. The summed E-state index contributed by atoms with van der Waals surface area (Å²) in [5.74, 6) is 0.512. The highest BCUT2D eigenvalue weighted by Crippen LogP contribution is 2.38. The van der Waals surface area contributed by atoms with Crippen LogP contribution in [0.1, 0.15) is 23.6 Å². The fourth-order valence-electron chi connectivity index (χ4n) is 2.49. The summed E-state index contributed by atoms with van der Waals surface area (Å²) in [6.07, 6.45) is 1.60. The van der Waals surface area contributed by atoms with E-state index < -0.39 is 5.91 Å². The number of aryl methyl sites for hydroxylation is 1. The van der Waals surface area contributed by atoms with Crippen molar-refractivity contribution in [1.29, 1.82) is 0 Å². The zero-order chi connectivity index (χ0) is 19.4. The van der Waals surface area contributed by atoms with E-state index in [1.54, 1.807) is 18.2 Å². The quantitative estimate of drug-likeness (QED) is 0.691. The molecule has 2 aromatic rings. The molecule has 2 amide bonds. The van der Waals surface area contributed by atoms with Gasteiger partial charge in [0.1, 0.15) is 6.61 Å². The lowest BCUT2D eigenvalue weighted by Crippen LogP contribution is -2.17. The first kappa shape index (κ1) is 19.3. The van der Waals surface area contributed by atoms with Crippen molar-refractivity contribution in [3.63, 3.8) is 0 Å². The molecule has 2 aromatic carbocycles. The number of amides is 2. The van der Waals surface area contributed by atoms with E-state index in [0.717, 1.165) is 17.3 Å². The van der Waals surface area contributed by atoms with E-state index in [1.807, 2.05) is 38.1 Å². The van der Waals surface area contributed by atoms with Crippen LogP contribution in [-0.4, -0.2) is 17.8 Å². The summed E-state index contributed by atoms with van der Waals surface area (Å²) in [7, 11) is 0. The zero-order valence-electron chi connectivity index (χ0n) is 14.9. The number of halogens is 1. The smallest absolute Gasteiger partial charge is 0.290 e. The molecule has 1 heterocycles. The van der Waals surface area contributed by atoms with Gasteiger partial charge in [0.05, 0.1) is 16.5 Å². The minimum Gasteiger partial charge on any atom is -0.490 e. The van der Waals surface area contributed by atoms with Crippen molar-refractivity contribution in [3.05, 3.63) is 63.0 Å². The minimum absolute atomic E-state index is 0.312. The lowest BCUT2D eigenvalue weighted by Gasteiger charge is -2.15. The summed E-state index contributed by atoms with van der Waals surface area (Å²) < 4.78 is 11.6. The largest absolute Gasteiger partial charge is 0.490 e. The number of nitrogens with one attached hydrogen (secondary N) is 1. The van der Waals surface area contributed by atoms with Crippen LogP contribution in [0.3, 0.4) is 0 Å². The highest BCUT2D eigenvalue weighted by atomic mass is 35.5. The van der Waals surface area contributed by atoms with Crippen LogP contribution in [0.25, 0.3) is 6.08 Å². The topological polar surface area (TPSA) is 64.6 Å². The molecule has 27 heavy (non-hydrogen) atoms. The molecule has 0 bridgehead atoms. The summed E-state index contributed by atoms with van der Waals surface area (Å²) in [5, 5.41) is 2.20. The number of imide groups is 1. The van der Waals surface area contributed by atoms with E-state index in [0.29, 0.717) is 40.2 Å². The average Bonchev–Trinajstić information content (AvgIpc) is 2.93. The van der Waals surface area contributed by atoms with Crippen LogP contribution in [-0.2, 0) is 11.4 Å². The number of rotatable bonds is 6. The Hall–Kier alpha value is -2.44. The number of ether oxygens (including phenoxy) is 2. The maximum absolute atomic E-state index is 11.7. The van der Waals surface area contributed by atoms with Crippen molar-refractivity contribution < 1.29 is 19.1 Å². The van der Waals surface area contributed by atoms with Crippen LogP contribution in [0, 0.1) is 6.92 Å². The second-order valence-electron chi connectivity index (χ2n) is 5.89. The van der Waals surface area contributed by atoms with Crippen LogP contribution in [0.15, 0.2) is 41.3 Å². The molecule has 5 nitrogen and oxygen atoms in total. The van der Waals surface area contributed by atoms with Gasteiger partial charge < -0.3 is 9.47 Å². The average molecular weight is 404 g/mol. The van der Waals surface area contributed by atoms with Gasteiger partial charge in [-0.05, 0) is 54.9 Å². The Morgan fingerprint density at radius 3 is 2.52 bits per heavy atom. The Labute approximate surface area is 166 Å². The molecule has 3 rings (SSSR count). The van der Waals surface area contributed by atoms with E-state index in [4.69, 9.17) is 21.1 Å². The van der Waals surface area contributed by atoms with Crippen molar-refractivity contribution in [3.8, 4) is 11.5 Å². The van der Waals surface area contributed by atoms with Crippen molar-refractivity contribution in [2.45, 2.75) is 20.5 Å². The van der Waals surface area contributed by atoms with Crippen LogP contribution >= 0.6 is 23.4 Å². The van der Waals surface area contributed by atoms with Crippen molar-refractivity contribution in [2.75, 3.05) is 6.61 Å². The molecular formula is C20H18ClNO4S. The van der Waals surface area contributed by atoms with Gasteiger partial charge >= 0.3 is 0 Å². The molecule has 0 spiro atoms. The third-order valence-corrected chi connectivity index (χ3v) is 4.87. The van der Waals surface area contributed by atoms with Crippen molar-refractivity contribution in [1.82, 2.24) is 5.32 Å². The normalized spacial score (nSPS) is 15.1. The first-order valence-corrected chi connectivity index (χ1v) is 9.55. The van der Waals surface area contributed by atoms with Crippen LogP contribution in [0.2, 0.25) is 5.02 Å². The summed E-state index contributed by atoms with van der Waals surface area (Å²) in [4.78, 5) is 23.3. The van der Waals surface area contributed by atoms with Gasteiger partial charge in [-0.2, -0.15) is 0 Å². The second kappa shape index (κ2) is 8.50. The Bertz CT molecular complexity index is 909. The predicted molar refractivity (Wildman–Crippen MR) is 107 cm³/mol.